The maximum Gasteiger partial charge on any atom is 0.233 e. The molecule has 122 valence electrons. The molecule has 6 heteroatoms. The van der Waals surface area contributed by atoms with Crippen LogP contribution >= 0.6 is 11.8 Å². The van der Waals surface area contributed by atoms with Gasteiger partial charge in [0, 0.05) is 17.9 Å². The second-order valence-electron chi connectivity index (χ2n) is 5.41. The van der Waals surface area contributed by atoms with Gasteiger partial charge >= 0.3 is 0 Å². The van der Waals surface area contributed by atoms with Crippen molar-refractivity contribution in [3.8, 4) is 0 Å². The normalized spacial score (nSPS) is 12.0. The lowest BCUT2D eigenvalue weighted by atomic mass is 10.2. The number of hydrogen-bond acceptors (Lipinski definition) is 4. The Kier molecular flexibility index (Phi) is 5.71. The maximum absolute atomic E-state index is 12.8. The summed E-state index contributed by atoms with van der Waals surface area (Å²) in [4.78, 5) is 21.0. The molecular formula is C17H20FN3OS. The first kappa shape index (κ1) is 17.4. The highest BCUT2D eigenvalue weighted by Crippen LogP contribution is 2.21. The molecule has 23 heavy (non-hydrogen) atoms. The van der Waals surface area contributed by atoms with E-state index in [-0.39, 0.29) is 17.0 Å². The van der Waals surface area contributed by atoms with Crippen LogP contribution in [0.1, 0.15) is 29.4 Å². The van der Waals surface area contributed by atoms with Gasteiger partial charge in [-0.1, -0.05) is 23.9 Å². The Labute approximate surface area is 139 Å². The van der Waals surface area contributed by atoms with Crippen LogP contribution in [0.3, 0.4) is 0 Å². The van der Waals surface area contributed by atoms with Gasteiger partial charge in [0.15, 0.2) is 5.16 Å². The monoisotopic (exact) mass is 333 g/mol. The number of aromatic nitrogens is 2. The summed E-state index contributed by atoms with van der Waals surface area (Å²) in [7, 11) is 0. The van der Waals surface area contributed by atoms with Gasteiger partial charge in [-0.25, -0.2) is 14.4 Å². The van der Waals surface area contributed by atoms with Gasteiger partial charge in [-0.3, -0.25) is 4.79 Å². The van der Waals surface area contributed by atoms with Gasteiger partial charge in [-0.2, -0.15) is 0 Å². The Bertz CT molecular complexity index is 680. The predicted molar refractivity (Wildman–Crippen MR) is 89.8 cm³/mol. The van der Waals surface area contributed by atoms with Crippen molar-refractivity contribution < 1.29 is 9.18 Å². The van der Waals surface area contributed by atoms with Crippen molar-refractivity contribution in [3.05, 3.63) is 52.6 Å². The molecule has 1 heterocycles. The zero-order valence-corrected chi connectivity index (χ0v) is 14.5. The lowest BCUT2D eigenvalue weighted by Gasteiger charge is -2.12. The summed E-state index contributed by atoms with van der Waals surface area (Å²) in [5.41, 5.74) is 3.79. The molecule has 0 saturated carbocycles. The zero-order valence-electron chi connectivity index (χ0n) is 13.7. The molecule has 0 aliphatic carbocycles. The molecule has 1 atom stereocenters. The first-order chi connectivity index (χ1) is 10.9. The molecule has 2 aromatic rings. The smallest absolute Gasteiger partial charge is 0.233 e. The molecule has 0 radical (unpaired) electrons. The fraction of sp³-hybridized carbons (Fsp3) is 0.353. The molecule has 0 bridgehead atoms. The summed E-state index contributed by atoms with van der Waals surface area (Å²) in [5, 5.41) is 3.14. The van der Waals surface area contributed by atoms with E-state index >= 15 is 0 Å². The average molecular weight is 333 g/mol. The third-order valence-corrected chi connectivity index (χ3v) is 4.60. The SMILES string of the molecule is Cc1nc(S[C@H](C)C(=O)NCc2ccc(F)cc2)nc(C)c1C. The topological polar surface area (TPSA) is 54.9 Å². The molecule has 1 amide bonds. The molecular weight excluding hydrogens is 313 g/mol. The number of hydrogen-bond donors (Lipinski definition) is 1. The number of nitrogens with zero attached hydrogens (tertiary/aromatic N) is 2. The standard InChI is InChI=1S/C17H20FN3OS/c1-10-11(2)20-17(21-12(10)3)23-13(4)16(22)19-9-14-5-7-15(18)8-6-14/h5-8,13H,9H2,1-4H3,(H,19,22)/t13-/m1/s1. The van der Waals surface area contributed by atoms with Crippen molar-refractivity contribution in [1.82, 2.24) is 15.3 Å². The highest BCUT2D eigenvalue weighted by atomic mass is 32.2. The van der Waals surface area contributed by atoms with Gasteiger partial charge in [-0.05, 0) is 51.0 Å². The lowest BCUT2D eigenvalue weighted by molar-refractivity contribution is -0.120. The van der Waals surface area contributed by atoms with Crippen LogP contribution < -0.4 is 5.32 Å². The van der Waals surface area contributed by atoms with Crippen molar-refractivity contribution in [2.24, 2.45) is 0 Å². The summed E-state index contributed by atoms with van der Waals surface area (Å²) in [6.45, 7) is 8.05. The van der Waals surface area contributed by atoms with E-state index in [0.29, 0.717) is 11.7 Å². The summed E-state index contributed by atoms with van der Waals surface area (Å²) in [5.74, 6) is -0.384. The Hall–Kier alpha value is -1.95. The van der Waals surface area contributed by atoms with Gasteiger partial charge in [0.1, 0.15) is 5.82 Å². The second-order valence-corrected chi connectivity index (χ2v) is 6.71. The number of thioether (sulfide) groups is 1. The van der Waals surface area contributed by atoms with Crippen LogP contribution in [0.5, 0.6) is 0 Å². The van der Waals surface area contributed by atoms with E-state index in [1.807, 2.05) is 27.7 Å². The molecule has 2 rings (SSSR count). The van der Waals surface area contributed by atoms with Gasteiger partial charge in [0.25, 0.3) is 0 Å². The third-order valence-electron chi connectivity index (χ3n) is 3.64. The molecule has 0 aliphatic heterocycles. The Morgan fingerprint density at radius 2 is 1.74 bits per heavy atom. The number of carbonyl (C=O) groups is 1. The fourth-order valence-corrected chi connectivity index (χ4v) is 2.83. The average Bonchev–Trinajstić information content (AvgIpc) is 2.51. The molecule has 0 fully saturated rings. The number of amides is 1. The number of carbonyl (C=O) groups excluding carboxylic acids is 1. The van der Waals surface area contributed by atoms with Crippen LogP contribution in [0.2, 0.25) is 0 Å². The number of rotatable bonds is 5. The summed E-state index contributed by atoms with van der Waals surface area (Å²) >= 11 is 1.33. The predicted octanol–water partition coefficient (Wildman–Crippen LogP) is 3.34. The van der Waals surface area contributed by atoms with E-state index in [1.54, 1.807) is 12.1 Å². The minimum Gasteiger partial charge on any atom is -0.351 e. The molecule has 1 N–H and O–H groups in total. The summed E-state index contributed by atoms with van der Waals surface area (Å²) < 4.78 is 12.8. The Morgan fingerprint density at radius 3 is 2.30 bits per heavy atom. The van der Waals surface area contributed by atoms with E-state index in [0.717, 1.165) is 22.5 Å². The molecule has 0 spiro atoms. The lowest BCUT2D eigenvalue weighted by Crippen LogP contribution is -2.30. The van der Waals surface area contributed by atoms with Crippen LogP contribution in [0.15, 0.2) is 29.4 Å². The molecule has 0 saturated heterocycles. The van der Waals surface area contributed by atoms with E-state index < -0.39 is 0 Å². The van der Waals surface area contributed by atoms with Crippen molar-refractivity contribution in [3.63, 3.8) is 0 Å². The molecule has 0 aliphatic rings. The largest absolute Gasteiger partial charge is 0.351 e. The van der Waals surface area contributed by atoms with Crippen LogP contribution in [0.4, 0.5) is 4.39 Å². The van der Waals surface area contributed by atoms with Crippen LogP contribution in [-0.4, -0.2) is 21.1 Å². The first-order valence-corrected chi connectivity index (χ1v) is 8.25. The van der Waals surface area contributed by atoms with Crippen LogP contribution in [-0.2, 0) is 11.3 Å². The molecule has 0 unspecified atom stereocenters. The summed E-state index contributed by atoms with van der Waals surface area (Å²) in [6, 6.07) is 6.07. The highest BCUT2D eigenvalue weighted by molar-refractivity contribution is 8.00. The quantitative estimate of drug-likeness (QED) is 0.673. The van der Waals surface area contributed by atoms with Crippen molar-refractivity contribution in [2.75, 3.05) is 0 Å². The maximum atomic E-state index is 12.8. The first-order valence-electron chi connectivity index (χ1n) is 7.37. The van der Waals surface area contributed by atoms with Gasteiger partial charge in [-0.15, -0.1) is 0 Å². The minimum atomic E-state index is -0.308. The van der Waals surface area contributed by atoms with Crippen molar-refractivity contribution in [1.29, 1.82) is 0 Å². The van der Waals surface area contributed by atoms with Crippen LogP contribution in [0.25, 0.3) is 0 Å². The number of benzene rings is 1. The van der Waals surface area contributed by atoms with Crippen molar-refractivity contribution in [2.45, 2.75) is 44.6 Å². The highest BCUT2D eigenvalue weighted by Gasteiger charge is 2.16. The van der Waals surface area contributed by atoms with E-state index in [4.69, 9.17) is 0 Å². The number of halogens is 1. The second kappa shape index (κ2) is 7.55. The minimum absolute atomic E-state index is 0.0983. The molecule has 1 aromatic carbocycles. The Morgan fingerprint density at radius 1 is 1.17 bits per heavy atom. The van der Waals surface area contributed by atoms with E-state index in [9.17, 15) is 9.18 Å². The van der Waals surface area contributed by atoms with Gasteiger partial charge in [0.2, 0.25) is 5.91 Å². The number of nitrogens with one attached hydrogen (secondary N) is 1. The van der Waals surface area contributed by atoms with E-state index in [1.165, 1.54) is 23.9 Å². The van der Waals surface area contributed by atoms with Crippen molar-refractivity contribution >= 4 is 17.7 Å². The number of aryl methyl sites for hydroxylation is 2. The summed E-state index contributed by atoms with van der Waals surface area (Å²) in [6.07, 6.45) is 0. The Balaban J connectivity index is 1.93. The third kappa shape index (κ3) is 4.76. The van der Waals surface area contributed by atoms with E-state index in [2.05, 4.69) is 15.3 Å². The fourth-order valence-electron chi connectivity index (χ4n) is 1.94. The van der Waals surface area contributed by atoms with Gasteiger partial charge in [0.05, 0.1) is 5.25 Å². The van der Waals surface area contributed by atoms with Gasteiger partial charge < -0.3 is 5.32 Å². The molecule has 1 aromatic heterocycles. The zero-order chi connectivity index (χ0) is 17.0. The van der Waals surface area contributed by atoms with Crippen LogP contribution in [0, 0.1) is 26.6 Å². The molecule has 4 nitrogen and oxygen atoms in total.